The number of aromatic nitrogens is 4. The molecule has 1 aliphatic carbocycles. The number of tetrazole rings is 1. The molecule has 1 aromatic heterocycles. The largest absolute Gasteiger partial charge is 0.497 e. The van der Waals surface area contributed by atoms with Crippen molar-refractivity contribution in [1.29, 1.82) is 0 Å². The van der Waals surface area contributed by atoms with Gasteiger partial charge in [0.05, 0.1) is 7.11 Å². The van der Waals surface area contributed by atoms with E-state index in [0.29, 0.717) is 0 Å². The van der Waals surface area contributed by atoms with Crippen molar-refractivity contribution >= 4 is 11.8 Å². The van der Waals surface area contributed by atoms with Crippen molar-refractivity contribution in [2.24, 2.45) is 12.8 Å². The number of thioether (sulfide) groups is 1. The predicted octanol–water partition coefficient (Wildman–Crippen LogP) is 1.33. The van der Waals surface area contributed by atoms with Gasteiger partial charge in [0, 0.05) is 18.3 Å². The summed E-state index contributed by atoms with van der Waals surface area (Å²) in [5.74, 6) is 0.852. The molecule has 6 nitrogen and oxygen atoms in total. The van der Waals surface area contributed by atoms with E-state index in [4.69, 9.17) is 10.5 Å². The van der Waals surface area contributed by atoms with E-state index >= 15 is 0 Å². The van der Waals surface area contributed by atoms with Gasteiger partial charge in [-0.2, -0.15) is 0 Å². The number of hydrogen-bond donors (Lipinski definition) is 1. The molecule has 0 fully saturated rings. The van der Waals surface area contributed by atoms with Gasteiger partial charge in [-0.3, -0.25) is 0 Å². The van der Waals surface area contributed by atoms with Gasteiger partial charge >= 0.3 is 0 Å². The SMILES string of the molecule is COc1ccc2c(c1)C(N)C(Sc1nnnn1C)CC2. The molecular weight excluding hydrogens is 274 g/mol. The number of fused-ring (bicyclic) bond motifs is 1. The van der Waals surface area contributed by atoms with Gasteiger partial charge in [-0.1, -0.05) is 17.8 Å². The van der Waals surface area contributed by atoms with Crippen LogP contribution in [-0.4, -0.2) is 32.6 Å². The first-order chi connectivity index (χ1) is 9.69. The van der Waals surface area contributed by atoms with E-state index in [1.807, 2.05) is 19.2 Å². The van der Waals surface area contributed by atoms with Gasteiger partial charge in [-0.05, 0) is 46.5 Å². The molecule has 2 aromatic rings. The number of benzene rings is 1. The highest BCUT2D eigenvalue weighted by atomic mass is 32.2. The normalized spacial score (nSPS) is 21.6. The zero-order valence-electron chi connectivity index (χ0n) is 11.5. The summed E-state index contributed by atoms with van der Waals surface area (Å²) in [6, 6.07) is 6.11. The van der Waals surface area contributed by atoms with Crippen LogP contribution >= 0.6 is 11.8 Å². The fraction of sp³-hybridized carbons (Fsp3) is 0.462. The molecule has 0 amide bonds. The molecule has 2 N–H and O–H groups in total. The monoisotopic (exact) mass is 291 g/mol. The highest BCUT2D eigenvalue weighted by Gasteiger charge is 2.29. The number of rotatable bonds is 3. The fourth-order valence-electron chi connectivity index (χ4n) is 2.50. The Morgan fingerprint density at radius 1 is 1.45 bits per heavy atom. The lowest BCUT2D eigenvalue weighted by Crippen LogP contribution is -2.29. The summed E-state index contributed by atoms with van der Waals surface area (Å²) in [5.41, 5.74) is 8.91. The van der Waals surface area contributed by atoms with Crippen LogP contribution in [0.15, 0.2) is 23.4 Å². The van der Waals surface area contributed by atoms with Crippen LogP contribution in [0.3, 0.4) is 0 Å². The summed E-state index contributed by atoms with van der Waals surface area (Å²) in [7, 11) is 3.52. The smallest absolute Gasteiger partial charge is 0.209 e. The van der Waals surface area contributed by atoms with Crippen molar-refractivity contribution in [2.45, 2.75) is 29.3 Å². The fourth-order valence-corrected chi connectivity index (χ4v) is 3.58. The Balaban J connectivity index is 1.84. The molecular formula is C13H17N5OS. The zero-order chi connectivity index (χ0) is 14.1. The van der Waals surface area contributed by atoms with Crippen LogP contribution in [0.5, 0.6) is 5.75 Å². The van der Waals surface area contributed by atoms with Crippen molar-refractivity contribution in [1.82, 2.24) is 20.2 Å². The van der Waals surface area contributed by atoms with Gasteiger partial charge in [0.2, 0.25) is 5.16 Å². The van der Waals surface area contributed by atoms with E-state index < -0.39 is 0 Å². The molecule has 7 heteroatoms. The minimum Gasteiger partial charge on any atom is -0.497 e. The lowest BCUT2D eigenvalue weighted by molar-refractivity contribution is 0.412. The Morgan fingerprint density at radius 2 is 2.30 bits per heavy atom. The van der Waals surface area contributed by atoms with Gasteiger partial charge in [0.1, 0.15) is 5.75 Å². The average molecular weight is 291 g/mol. The third-order valence-corrected chi connectivity index (χ3v) is 5.04. The first-order valence-corrected chi connectivity index (χ1v) is 7.38. The first-order valence-electron chi connectivity index (χ1n) is 6.50. The van der Waals surface area contributed by atoms with Crippen LogP contribution in [0.4, 0.5) is 0 Å². The number of nitrogens with two attached hydrogens (primary N) is 1. The van der Waals surface area contributed by atoms with Crippen LogP contribution in [-0.2, 0) is 13.5 Å². The Kier molecular flexibility index (Phi) is 3.62. The number of methoxy groups -OCH3 is 1. The molecule has 1 heterocycles. The average Bonchev–Trinajstić information content (AvgIpc) is 2.87. The maximum absolute atomic E-state index is 6.43. The third-order valence-electron chi connectivity index (χ3n) is 3.65. The minimum atomic E-state index is -0.0319. The number of ether oxygens (including phenoxy) is 1. The minimum absolute atomic E-state index is 0.0319. The van der Waals surface area contributed by atoms with Gasteiger partial charge in [-0.25, -0.2) is 4.68 Å². The number of aryl methyl sites for hydroxylation is 2. The predicted molar refractivity (Wildman–Crippen MR) is 76.7 cm³/mol. The van der Waals surface area contributed by atoms with E-state index in [2.05, 4.69) is 21.6 Å². The van der Waals surface area contributed by atoms with Crippen molar-refractivity contribution in [3.05, 3.63) is 29.3 Å². The first kappa shape index (κ1) is 13.4. The quantitative estimate of drug-likeness (QED) is 0.919. The molecule has 2 atom stereocenters. The molecule has 0 spiro atoms. The van der Waals surface area contributed by atoms with E-state index in [0.717, 1.165) is 23.7 Å². The van der Waals surface area contributed by atoms with Gasteiger partial charge in [0.15, 0.2) is 0 Å². The summed E-state index contributed by atoms with van der Waals surface area (Å²) in [4.78, 5) is 0. The second kappa shape index (κ2) is 5.41. The third kappa shape index (κ3) is 2.38. The summed E-state index contributed by atoms with van der Waals surface area (Å²) < 4.78 is 6.97. The second-order valence-corrected chi connectivity index (χ2v) is 6.08. The van der Waals surface area contributed by atoms with Crippen LogP contribution in [0.1, 0.15) is 23.6 Å². The van der Waals surface area contributed by atoms with Gasteiger partial charge < -0.3 is 10.5 Å². The summed E-state index contributed by atoms with van der Waals surface area (Å²) in [6.45, 7) is 0. The molecule has 3 rings (SSSR count). The summed E-state index contributed by atoms with van der Waals surface area (Å²) in [5, 5.41) is 12.6. The van der Waals surface area contributed by atoms with Crippen molar-refractivity contribution in [2.75, 3.05) is 7.11 Å². The Hall–Kier alpha value is -1.60. The Labute approximate surface area is 121 Å². The van der Waals surface area contributed by atoms with Gasteiger partial charge in [-0.15, -0.1) is 5.10 Å². The zero-order valence-corrected chi connectivity index (χ0v) is 12.3. The van der Waals surface area contributed by atoms with Gasteiger partial charge in [0.25, 0.3) is 0 Å². The second-order valence-electron chi connectivity index (χ2n) is 4.87. The molecule has 1 aliphatic rings. The number of nitrogens with zero attached hydrogens (tertiary/aromatic N) is 4. The standard InChI is InChI=1S/C13H17N5OS/c1-18-13(15-16-17-18)20-11-6-4-8-3-5-9(19-2)7-10(8)12(11)14/h3,5,7,11-12H,4,6,14H2,1-2H3. The lowest BCUT2D eigenvalue weighted by atomic mass is 9.87. The summed E-state index contributed by atoms with van der Waals surface area (Å²) in [6.07, 6.45) is 2.05. The molecule has 0 bridgehead atoms. The number of hydrogen-bond acceptors (Lipinski definition) is 6. The van der Waals surface area contributed by atoms with Crippen LogP contribution in [0.2, 0.25) is 0 Å². The van der Waals surface area contributed by atoms with Crippen LogP contribution in [0, 0.1) is 0 Å². The van der Waals surface area contributed by atoms with Crippen LogP contribution in [0.25, 0.3) is 0 Å². The molecule has 0 saturated carbocycles. The van der Waals surface area contributed by atoms with E-state index in [1.165, 1.54) is 11.1 Å². The maximum atomic E-state index is 6.43. The molecule has 106 valence electrons. The Morgan fingerprint density at radius 3 is 3.00 bits per heavy atom. The van der Waals surface area contributed by atoms with E-state index in [-0.39, 0.29) is 11.3 Å². The maximum Gasteiger partial charge on any atom is 0.209 e. The van der Waals surface area contributed by atoms with Crippen molar-refractivity contribution in [3.8, 4) is 5.75 Å². The molecule has 0 radical (unpaired) electrons. The molecule has 1 aromatic carbocycles. The highest BCUT2D eigenvalue weighted by Crippen LogP contribution is 2.39. The van der Waals surface area contributed by atoms with Crippen molar-refractivity contribution < 1.29 is 4.74 Å². The lowest BCUT2D eigenvalue weighted by Gasteiger charge is -2.30. The van der Waals surface area contributed by atoms with Crippen molar-refractivity contribution in [3.63, 3.8) is 0 Å². The van der Waals surface area contributed by atoms with Crippen LogP contribution < -0.4 is 10.5 Å². The summed E-state index contributed by atoms with van der Waals surface area (Å²) >= 11 is 1.64. The van der Waals surface area contributed by atoms with E-state index in [9.17, 15) is 0 Å². The molecule has 2 unspecified atom stereocenters. The Bertz CT molecular complexity index is 615. The highest BCUT2D eigenvalue weighted by molar-refractivity contribution is 7.99. The molecule has 0 aliphatic heterocycles. The topological polar surface area (TPSA) is 78.8 Å². The van der Waals surface area contributed by atoms with E-state index in [1.54, 1.807) is 23.6 Å². The molecule has 20 heavy (non-hydrogen) atoms. The molecule has 0 saturated heterocycles.